The van der Waals surface area contributed by atoms with Gasteiger partial charge < -0.3 is 9.47 Å². The second-order valence-electron chi connectivity index (χ2n) is 11.9. The summed E-state index contributed by atoms with van der Waals surface area (Å²) in [7, 11) is 1.61. The van der Waals surface area contributed by atoms with E-state index >= 15 is 0 Å². The summed E-state index contributed by atoms with van der Waals surface area (Å²) in [5.74, 6) is 1.19. The van der Waals surface area contributed by atoms with Crippen molar-refractivity contribution in [2.24, 2.45) is 4.99 Å². The summed E-state index contributed by atoms with van der Waals surface area (Å²) in [4.78, 5) is 31.3. The number of nitro groups is 1. The third-order valence-electron chi connectivity index (χ3n) is 9.07. The van der Waals surface area contributed by atoms with Gasteiger partial charge in [0.2, 0.25) is 0 Å². The zero-order valence-electron chi connectivity index (χ0n) is 26.3. The van der Waals surface area contributed by atoms with E-state index in [1.54, 1.807) is 23.8 Å². The van der Waals surface area contributed by atoms with Gasteiger partial charge in [-0.2, -0.15) is 0 Å². The SMILES string of the molecule is COc1cc(/C=c2\sc3n(c2=O)[C@H](c2cccc([N+](=O)[O-])c2)C2=C(N=3)c3ccccc3CC2)cc(I)c1OCc1cccc2ccccc12. The first-order valence-corrected chi connectivity index (χ1v) is 17.6. The number of benzene rings is 5. The highest BCUT2D eigenvalue weighted by molar-refractivity contribution is 14.1. The summed E-state index contributed by atoms with van der Waals surface area (Å²) in [6.45, 7) is 0.372. The largest absolute Gasteiger partial charge is 0.493 e. The summed E-state index contributed by atoms with van der Waals surface area (Å²) in [5, 5.41) is 14.0. The van der Waals surface area contributed by atoms with E-state index < -0.39 is 11.0 Å². The topological polar surface area (TPSA) is 96.0 Å². The molecule has 0 fully saturated rings. The van der Waals surface area contributed by atoms with Crippen molar-refractivity contribution in [1.82, 2.24) is 4.57 Å². The van der Waals surface area contributed by atoms with Crippen LogP contribution in [0.5, 0.6) is 11.5 Å². The summed E-state index contributed by atoms with van der Waals surface area (Å²) in [6, 6.07) is 32.5. The van der Waals surface area contributed by atoms with Gasteiger partial charge in [-0.1, -0.05) is 90.2 Å². The Balaban J connectivity index is 1.22. The average molecular weight is 778 g/mol. The number of hydrogen-bond donors (Lipinski definition) is 0. The van der Waals surface area contributed by atoms with Crippen molar-refractivity contribution in [1.29, 1.82) is 0 Å². The van der Waals surface area contributed by atoms with E-state index in [1.165, 1.54) is 23.0 Å². The fraction of sp³-hybridized carbons (Fsp3) is 0.128. The Hall–Kier alpha value is -5.07. The molecule has 8 rings (SSSR count). The summed E-state index contributed by atoms with van der Waals surface area (Å²) in [6.07, 6.45) is 3.35. The number of thiazole rings is 1. The molecule has 0 spiro atoms. The lowest BCUT2D eigenvalue weighted by Crippen LogP contribution is -2.38. The number of rotatable bonds is 7. The van der Waals surface area contributed by atoms with Gasteiger partial charge in [-0.3, -0.25) is 19.5 Å². The van der Waals surface area contributed by atoms with E-state index in [9.17, 15) is 14.9 Å². The molecule has 0 amide bonds. The molecule has 1 atom stereocenters. The number of aryl methyl sites for hydroxylation is 1. The van der Waals surface area contributed by atoms with Gasteiger partial charge in [-0.05, 0) is 92.2 Å². The van der Waals surface area contributed by atoms with Gasteiger partial charge >= 0.3 is 0 Å². The van der Waals surface area contributed by atoms with Crippen molar-refractivity contribution in [2.45, 2.75) is 25.5 Å². The fourth-order valence-electron chi connectivity index (χ4n) is 6.81. The number of halogens is 1. The van der Waals surface area contributed by atoms with Crippen LogP contribution in [0.3, 0.4) is 0 Å². The van der Waals surface area contributed by atoms with Crippen LogP contribution in [-0.4, -0.2) is 16.6 Å². The number of allylic oxidation sites excluding steroid dienone is 1. The van der Waals surface area contributed by atoms with E-state index in [4.69, 9.17) is 14.5 Å². The number of methoxy groups -OCH3 is 1. The molecule has 1 aromatic heterocycles. The van der Waals surface area contributed by atoms with Gasteiger partial charge in [0.15, 0.2) is 16.3 Å². The first kappa shape index (κ1) is 31.2. The molecule has 0 N–H and O–H groups in total. The second kappa shape index (κ2) is 12.8. The number of hydrogen-bond acceptors (Lipinski definition) is 7. The van der Waals surface area contributed by atoms with E-state index in [2.05, 4.69) is 59.0 Å². The van der Waals surface area contributed by atoms with Crippen LogP contribution in [0.25, 0.3) is 22.5 Å². The summed E-state index contributed by atoms with van der Waals surface area (Å²) >= 11 is 3.55. The molecule has 10 heteroatoms. The minimum absolute atomic E-state index is 0.0144. The normalized spacial score (nSPS) is 15.3. The molecule has 6 aromatic rings. The maximum atomic E-state index is 14.3. The molecule has 49 heavy (non-hydrogen) atoms. The van der Waals surface area contributed by atoms with Gasteiger partial charge in [0, 0.05) is 17.7 Å². The van der Waals surface area contributed by atoms with Crippen molar-refractivity contribution in [3.05, 3.63) is 170 Å². The highest BCUT2D eigenvalue weighted by Gasteiger charge is 2.33. The first-order chi connectivity index (χ1) is 23.9. The molecular formula is C39H28IN3O5S. The number of nitro benzene ring substituents is 1. The summed E-state index contributed by atoms with van der Waals surface area (Å²) in [5.41, 5.74) is 6.40. The molecule has 0 radical (unpaired) electrons. The molecule has 1 aliphatic carbocycles. The molecule has 5 aromatic carbocycles. The molecule has 8 nitrogen and oxygen atoms in total. The van der Waals surface area contributed by atoms with Crippen LogP contribution in [0.15, 0.2) is 118 Å². The Bertz CT molecular complexity index is 2530. The zero-order valence-corrected chi connectivity index (χ0v) is 29.2. The Kier molecular flexibility index (Phi) is 8.12. The maximum Gasteiger partial charge on any atom is 0.271 e. The highest BCUT2D eigenvalue weighted by atomic mass is 127. The fourth-order valence-corrected chi connectivity index (χ4v) is 8.60. The third-order valence-corrected chi connectivity index (χ3v) is 10.9. The molecule has 0 bridgehead atoms. The second-order valence-corrected chi connectivity index (χ2v) is 14.1. The van der Waals surface area contributed by atoms with E-state index in [1.807, 2.05) is 54.6 Å². The minimum atomic E-state index is -0.513. The monoisotopic (exact) mass is 777 g/mol. The maximum absolute atomic E-state index is 14.3. The predicted octanol–water partition coefficient (Wildman–Crippen LogP) is 7.57. The van der Waals surface area contributed by atoms with Crippen molar-refractivity contribution in [3.8, 4) is 11.5 Å². The van der Waals surface area contributed by atoms with Gasteiger partial charge in [0.05, 0.1) is 31.9 Å². The zero-order chi connectivity index (χ0) is 33.6. The van der Waals surface area contributed by atoms with Crippen LogP contribution < -0.4 is 24.4 Å². The van der Waals surface area contributed by atoms with Crippen molar-refractivity contribution in [3.63, 3.8) is 0 Å². The van der Waals surface area contributed by atoms with Crippen molar-refractivity contribution < 1.29 is 14.4 Å². The van der Waals surface area contributed by atoms with Gasteiger partial charge in [-0.25, -0.2) is 4.99 Å². The molecule has 2 heterocycles. The third kappa shape index (κ3) is 5.64. The van der Waals surface area contributed by atoms with Gasteiger partial charge in [-0.15, -0.1) is 0 Å². The van der Waals surface area contributed by atoms with Crippen LogP contribution >= 0.6 is 33.9 Å². The van der Waals surface area contributed by atoms with E-state index in [0.29, 0.717) is 39.4 Å². The lowest BCUT2D eigenvalue weighted by atomic mass is 9.83. The quantitative estimate of drug-likeness (QED) is 0.0948. The van der Waals surface area contributed by atoms with Crippen molar-refractivity contribution in [2.75, 3.05) is 7.11 Å². The standard InChI is InChI=1S/C39H28IN3O5S/c1-47-33-19-23(18-32(40)37(33)48-22-27-12-6-10-24-8-2-4-14-29(24)27)20-34-38(44)42-36(26-11-7-13-28(21-26)43(45)46)31-17-16-25-9-3-5-15-30(25)35(31)41-39(42)49-34/h2-15,18-21,36H,16-17,22H2,1H3/b34-20-/t36-/m1/s1. The predicted molar refractivity (Wildman–Crippen MR) is 200 cm³/mol. The summed E-state index contributed by atoms with van der Waals surface area (Å²) < 4.78 is 15.2. The number of aromatic nitrogens is 1. The molecule has 0 saturated carbocycles. The van der Waals surface area contributed by atoms with E-state index in [0.717, 1.165) is 48.7 Å². The highest BCUT2D eigenvalue weighted by Crippen LogP contribution is 2.42. The molecule has 1 aliphatic heterocycles. The molecule has 0 saturated heterocycles. The average Bonchev–Trinajstić information content (AvgIpc) is 3.43. The van der Waals surface area contributed by atoms with Crippen LogP contribution in [0, 0.1) is 13.7 Å². The lowest BCUT2D eigenvalue weighted by Gasteiger charge is -2.30. The van der Waals surface area contributed by atoms with Gasteiger partial charge in [0.1, 0.15) is 6.61 Å². The first-order valence-electron chi connectivity index (χ1n) is 15.7. The molecular weight excluding hydrogens is 749 g/mol. The lowest BCUT2D eigenvalue weighted by molar-refractivity contribution is -0.384. The Morgan fingerprint density at radius 3 is 2.65 bits per heavy atom. The minimum Gasteiger partial charge on any atom is -0.493 e. The Labute approximate surface area is 298 Å². The molecule has 2 aliphatic rings. The smallest absolute Gasteiger partial charge is 0.271 e. The van der Waals surface area contributed by atoms with Gasteiger partial charge in [0.25, 0.3) is 11.2 Å². The number of nitrogens with zero attached hydrogens (tertiary/aromatic N) is 3. The number of fused-ring (bicyclic) bond motifs is 4. The van der Waals surface area contributed by atoms with E-state index in [-0.39, 0.29) is 11.2 Å². The van der Waals surface area contributed by atoms with Crippen LogP contribution in [0.2, 0.25) is 0 Å². The number of non-ortho nitro benzene ring substituents is 1. The van der Waals surface area contributed by atoms with Crippen LogP contribution in [-0.2, 0) is 13.0 Å². The van der Waals surface area contributed by atoms with Crippen LogP contribution in [0.4, 0.5) is 5.69 Å². The molecule has 242 valence electrons. The molecule has 0 unspecified atom stereocenters. The Morgan fingerprint density at radius 1 is 1.00 bits per heavy atom. The van der Waals surface area contributed by atoms with Crippen LogP contribution in [0.1, 0.15) is 40.3 Å². The van der Waals surface area contributed by atoms with Crippen molar-refractivity contribution >= 4 is 62.2 Å². The number of ether oxygens (including phenoxy) is 2. The Morgan fingerprint density at radius 2 is 1.80 bits per heavy atom.